The number of hydrogen-bond acceptors (Lipinski definition) is 5. The van der Waals surface area contributed by atoms with E-state index in [0.717, 1.165) is 11.3 Å². The molecule has 0 aliphatic carbocycles. The number of likely N-dealkylation sites (tertiary alicyclic amines) is 1. The van der Waals surface area contributed by atoms with Crippen LogP contribution in [0.25, 0.3) is 0 Å². The zero-order valence-corrected chi connectivity index (χ0v) is 13.2. The summed E-state index contributed by atoms with van der Waals surface area (Å²) >= 11 is 1.32. The third-order valence-corrected chi connectivity index (χ3v) is 5.46. The lowest BCUT2D eigenvalue weighted by Crippen LogP contribution is -2.53. The normalized spacial score (nSPS) is 27.4. The highest BCUT2D eigenvalue weighted by atomic mass is 32.1. The summed E-state index contributed by atoms with van der Waals surface area (Å²) in [6, 6.07) is 1.31. The molecule has 0 saturated carbocycles. The summed E-state index contributed by atoms with van der Waals surface area (Å²) in [6.45, 7) is 5.76. The Morgan fingerprint density at radius 2 is 2.24 bits per heavy atom. The first kappa shape index (κ1) is 14.5. The number of fused-ring (bicyclic) bond motifs is 1. The molecule has 0 unspecified atom stereocenters. The molecule has 1 aromatic heterocycles. The minimum atomic E-state index is -0.814. The molecule has 0 aromatic carbocycles. The maximum atomic E-state index is 12.1. The first-order valence-electron chi connectivity index (χ1n) is 7.12. The Balaban J connectivity index is 2.09. The molecule has 6 heteroatoms. The lowest BCUT2D eigenvalue weighted by atomic mass is 9.90. The summed E-state index contributed by atoms with van der Waals surface area (Å²) < 4.78 is 5.86. The summed E-state index contributed by atoms with van der Waals surface area (Å²) in [6.07, 6.45) is 0.513. The third kappa shape index (κ3) is 2.26. The van der Waals surface area contributed by atoms with Crippen molar-refractivity contribution in [3.8, 4) is 5.75 Å². The van der Waals surface area contributed by atoms with Crippen LogP contribution in [-0.2, 0) is 4.79 Å². The Morgan fingerprint density at radius 3 is 2.81 bits per heavy atom. The fourth-order valence-electron chi connectivity index (χ4n) is 2.99. The van der Waals surface area contributed by atoms with Gasteiger partial charge in [0.05, 0.1) is 15.8 Å². The van der Waals surface area contributed by atoms with E-state index in [4.69, 9.17) is 4.74 Å². The molecular weight excluding hydrogens is 290 g/mol. The van der Waals surface area contributed by atoms with Gasteiger partial charge in [0.1, 0.15) is 17.5 Å². The van der Waals surface area contributed by atoms with Gasteiger partial charge in [-0.25, -0.2) is 0 Å². The minimum absolute atomic E-state index is 0.0307. The van der Waals surface area contributed by atoms with E-state index >= 15 is 0 Å². The first-order valence-corrected chi connectivity index (χ1v) is 7.94. The van der Waals surface area contributed by atoms with Crippen molar-refractivity contribution in [2.24, 2.45) is 0 Å². The molecular formula is C15H19NO4S. The van der Waals surface area contributed by atoms with Crippen LogP contribution >= 0.6 is 11.3 Å². The molecule has 114 valence electrons. The molecule has 5 nitrogen and oxygen atoms in total. The second-order valence-corrected chi connectivity index (χ2v) is 7.26. The van der Waals surface area contributed by atoms with Crippen LogP contribution in [0.5, 0.6) is 5.75 Å². The van der Waals surface area contributed by atoms with Crippen LogP contribution in [0, 0.1) is 0 Å². The maximum absolute atomic E-state index is 12.1. The molecule has 1 aromatic rings. The van der Waals surface area contributed by atoms with Crippen LogP contribution in [0.15, 0.2) is 6.07 Å². The zero-order chi connectivity index (χ0) is 15.4. The molecule has 21 heavy (non-hydrogen) atoms. The predicted molar refractivity (Wildman–Crippen MR) is 78.7 cm³/mol. The second-order valence-electron chi connectivity index (χ2n) is 6.18. The van der Waals surface area contributed by atoms with Gasteiger partial charge in [-0.3, -0.25) is 9.59 Å². The standard InChI is InChI=1S/C15H19NO4S/c1-8(17)10-7-9-13(21-10)12(14(19)15(2,3)20-9)16-6-4-5-11(16)18/h7,12,14,19H,4-6H2,1-3H3/t12-,14+/m1/s1. The van der Waals surface area contributed by atoms with Crippen molar-refractivity contribution in [3.63, 3.8) is 0 Å². The smallest absolute Gasteiger partial charge is 0.223 e. The molecule has 1 amide bonds. The number of Topliss-reactive ketones (excluding diaryl/α,β-unsaturated/α-hetero) is 1. The van der Waals surface area contributed by atoms with Gasteiger partial charge in [0.25, 0.3) is 0 Å². The van der Waals surface area contributed by atoms with Crippen molar-refractivity contribution in [2.75, 3.05) is 6.54 Å². The van der Waals surface area contributed by atoms with Gasteiger partial charge in [0, 0.05) is 19.0 Å². The van der Waals surface area contributed by atoms with Crippen molar-refractivity contribution in [3.05, 3.63) is 15.8 Å². The molecule has 3 rings (SSSR count). The Labute approximate surface area is 127 Å². The van der Waals surface area contributed by atoms with Crippen molar-refractivity contribution in [1.82, 2.24) is 4.90 Å². The number of hydrogen-bond donors (Lipinski definition) is 1. The third-order valence-electron chi connectivity index (χ3n) is 4.17. The van der Waals surface area contributed by atoms with E-state index in [9.17, 15) is 14.7 Å². The van der Waals surface area contributed by atoms with E-state index in [0.29, 0.717) is 23.6 Å². The highest BCUT2D eigenvalue weighted by Gasteiger charge is 2.48. The molecule has 0 bridgehead atoms. The molecule has 0 radical (unpaired) electrons. The number of ether oxygens (including phenoxy) is 1. The number of carbonyl (C=O) groups excluding carboxylic acids is 2. The lowest BCUT2D eigenvalue weighted by Gasteiger charge is -2.43. The Hall–Kier alpha value is -1.40. The monoisotopic (exact) mass is 309 g/mol. The van der Waals surface area contributed by atoms with Gasteiger partial charge in [0.15, 0.2) is 5.78 Å². The van der Waals surface area contributed by atoms with E-state index in [2.05, 4.69) is 0 Å². The fourth-order valence-corrected chi connectivity index (χ4v) is 4.11. The molecule has 0 spiro atoms. The number of ketones is 1. The number of aliphatic hydroxyl groups is 1. The van der Waals surface area contributed by atoms with Gasteiger partial charge in [-0.2, -0.15) is 0 Å². The minimum Gasteiger partial charge on any atom is -0.484 e. The zero-order valence-electron chi connectivity index (χ0n) is 12.4. The topological polar surface area (TPSA) is 66.8 Å². The fraction of sp³-hybridized carbons (Fsp3) is 0.600. The van der Waals surface area contributed by atoms with Crippen LogP contribution in [0.4, 0.5) is 0 Å². The van der Waals surface area contributed by atoms with E-state index in [1.807, 2.05) is 0 Å². The SMILES string of the molecule is CC(=O)c1cc2c(s1)[C@@H](N1CCCC1=O)[C@H](O)C(C)(C)O2. The van der Waals surface area contributed by atoms with Crippen molar-refractivity contribution in [2.45, 2.75) is 51.4 Å². The Kier molecular flexibility index (Phi) is 3.33. The Bertz CT molecular complexity index is 607. The van der Waals surface area contributed by atoms with E-state index in [-0.39, 0.29) is 11.7 Å². The number of aliphatic hydroxyl groups excluding tert-OH is 1. The number of thiophene rings is 1. The average Bonchev–Trinajstić information content (AvgIpc) is 2.97. The molecule has 2 aliphatic heterocycles. The number of carbonyl (C=O) groups is 2. The highest BCUT2D eigenvalue weighted by Crippen LogP contribution is 2.48. The van der Waals surface area contributed by atoms with Gasteiger partial charge in [0.2, 0.25) is 5.91 Å². The molecule has 1 saturated heterocycles. The summed E-state index contributed by atoms with van der Waals surface area (Å²) in [5, 5.41) is 10.7. The van der Waals surface area contributed by atoms with Gasteiger partial charge >= 0.3 is 0 Å². The van der Waals surface area contributed by atoms with E-state index in [1.54, 1.807) is 24.8 Å². The number of amides is 1. The van der Waals surface area contributed by atoms with Crippen molar-refractivity contribution in [1.29, 1.82) is 0 Å². The second kappa shape index (κ2) is 4.81. The summed E-state index contributed by atoms with van der Waals surface area (Å²) in [5.41, 5.74) is -0.796. The lowest BCUT2D eigenvalue weighted by molar-refractivity contribution is -0.139. The molecule has 2 atom stereocenters. The van der Waals surface area contributed by atoms with Crippen LogP contribution < -0.4 is 4.74 Å². The van der Waals surface area contributed by atoms with Crippen molar-refractivity contribution >= 4 is 23.0 Å². The van der Waals surface area contributed by atoms with Crippen molar-refractivity contribution < 1.29 is 19.4 Å². The summed E-state index contributed by atoms with van der Waals surface area (Å²) in [7, 11) is 0. The first-order chi connectivity index (χ1) is 9.81. The molecule has 3 heterocycles. The van der Waals surface area contributed by atoms with Gasteiger partial charge < -0.3 is 14.7 Å². The molecule has 1 N–H and O–H groups in total. The van der Waals surface area contributed by atoms with E-state index < -0.39 is 17.7 Å². The summed E-state index contributed by atoms with van der Waals surface area (Å²) in [5.74, 6) is 0.641. The van der Waals surface area contributed by atoms with Crippen LogP contribution in [0.3, 0.4) is 0 Å². The van der Waals surface area contributed by atoms with E-state index in [1.165, 1.54) is 18.3 Å². The highest BCUT2D eigenvalue weighted by molar-refractivity contribution is 7.14. The van der Waals surface area contributed by atoms with Gasteiger partial charge in [-0.05, 0) is 27.2 Å². The van der Waals surface area contributed by atoms with Crippen LogP contribution in [0.1, 0.15) is 54.2 Å². The molecule has 1 fully saturated rings. The van der Waals surface area contributed by atoms with Gasteiger partial charge in [-0.15, -0.1) is 11.3 Å². The van der Waals surface area contributed by atoms with Crippen LogP contribution in [0.2, 0.25) is 0 Å². The Morgan fingerprint density at radius 1 is 1.52 bits per heavy atom. The largest absolute Gasteiger partial charge is 0.484 e. The molecule has 2 aliphatic rings. The maximum Gasteiger partial charge on any atom is 0.223 e. The quantitative estimate of drug-likeness (QED) is 0.850. The average molecular weight is 309 g/mol. The number of nitrogens with zero attached hydrogens (tertiary/aromatic N) is 1. The summed E-state index contributed by atoms with van der Waals surface area (Å²) in [4.78, 5) is 26.8. The van der Waals surface area contributed by atoms with Gasteiger partial charge in [-0.1, -0.05) is 0 Å². The predicted octanol–water partition coefficient (Wildman–Crippen LogP) is 2.15. The van der Waals surface area contributed by atoms with Crippen LogP contribution in [-0.4, -0.2) is 39.9 Å². The number of rotatable bonds is 2.